The minimum absolute atomic E-state index is 0.277. The van der Waals surface area contributed by atoms with Gasteiger partial charge >= 0.3 is 0 Å². The number of nitrogens with zero attached hydrogens (tertiary/aromatic N) is 5. The summed E-state index contributed by atoms with van der Waals surface area (Å²) in [5.41, 5.74) is 1.53. The van der Waals surface area contributed by atoms with E-state index in [1.165, 1.54) is 7.11 Å². The number of hydrogen-bond acceptors (Lipinski definition) is 7. The molecule has 3 aromatic heterocycles. The topological polar surface area (TPSA) is 114 Å². The van der Waals surface area contributed by atoms with Crippen molar-refractivity contribution in [1.82, 2.24) is 25.3 Å². The molecule has 0 bridgehead atoms. The fourth-order valence-electron chi connectivity index (χ4n) is 1.57. The molecule has 0 saturated carbocycles. The first-order valence-corrected chi connectivity index (χ1v) is 5.61. The lowest BCUT2D eigenvalue weighted by atomic mass is 10.3. The molecule has 0 saturated heterocycles. The average molecular weight is 268 g/mol. The van der Waals surface area contributed by atoms with Crippen molar-refractivity contribution in [3.8, 4) is 35.1 Å². The fraction of sp³-hybridized carbons (Fsp3) is 0.0833. The van der Waals surface area contributed by atoms with Crippen LogP contribution in [0.1, 0.15) is 5.56 Å². The van der Waals surface area contributed by atoms with Gasteiger partial charge in [0, 0.05) is 12.3 Å². The molecule has 0 atom stereocenters. The van der Waals surface area contributed by atoms with E-state index in [1.54, 1.807) is 24.4 Å². The molecule has 0 spiro atoms. The van der Waals surface area contributed by atoms with Crippen molar-refractivity contribution in [3.63, 3.8) is 0 Å². The molecular formula is C12H8N6O2. The van der Waals surface area contributed by atoms with Crippen molar-refractivity contribution in [1.29, 1.82) is 5.26 Å². The predicted octanol–water partition coefficient (Wildman–Crippen LogP) is 1.40. The molecule has 0 radical (unpaired) electrons. The van der Waals surface area contributed by atoms with Crippen LogP contribution in [0.15, 0.2) is 28.9 Å². The number of H-pyrrole nitrogens is 1. The summed E-state index contributed by atoms with van der Waals surface area (Å²) >= 11 is 0. The minimum Gasteiger partial charge on any atom is -0.480 e. The molecule has 3 rings (SSSR count). The number of ether oxygens (including phenoxy) is 1. The Morgan fingerprint density at radius 1 is 1.35 bits per heavy atom. The SMILES string of the molecule is COc1ccc(-c2noc(-c3cc(C#N)c[nH]3)n2)nn1. The lowest BCUT2D eigenvalue weighted by Gasteiger charge is -1.96. The highest BCUT2D eigenvalue weighted by molar-refractivity contribution is 5.56. The maximum absolute atomic E-state index is 8.76. The average Bonchev–Trinajstić information content (AvgIpc) is 3.16. The van der Waals surface area contributed by atoms with Crippen molar-refractivity contribution in [2.75, 3.05) is 7.11 Å². The third kappa shape index (κ3) is 2.08. The number of aromatic amines is 1. The molecule has 1 N–H and O–H groups in total. The maximum Gasteiger partial charge on any atom is 0.274 e. The van der Waals surface area contributed by atoms with Gasteiger partial charge in [-0.05, 0) is 12.1 Å². The Morgan fingerprint density at radius 2 is 2.25 bits per heavy atom. The van der Waals surface area contributed by atoms with Crippen LogP contribution >= 0.6 is 0 Å². The third-order valence-electron chi connectivity index (χ3n) is 2.55. The molecule has 98 valence electrons. The van der Waals surface area contributed by atoms with Crippen LogP contribution in [0.3, 0.4) is 0 Å². The molecule has 0 fully saturated rings. The van der Waals surface area contributed by atoms with Gasteiger partial charge in [0.2, 0.25) is 11.7 Å². The predicted molar refractivity (Wildman–Crippen MR) is 66.4 cm³/mol. The smallest absolute Gasteiger partial charge is 0.274 e. The molecule has 3 aromatic rings. The lowest BCUT2D eigenvalue weighted by molar-refractivity contribution is 0.392. The van der Waals surface area contributed by atoms with E-state index in [1.807, 2.05) is 6.07 Å². The van der Waals surface area contributed by atoms with E-state index < -0.39 is 0 Å². The number of nitriles is 1. The molecule has 0 amide bonds. The first kappa shape index (κ1) is 11.9. The van der Waals surface area contributed by atoms with Crippen molar-refractivity contribution < 1.29 is 9.26 Å². The second-order valence-electron chi connectivity index (χ2n) is 3.80. The largest absolute Gasteiger partial charge is 0.480 e. The highest BCUT2D eigenvalue weighted by Crippen LogP contribution is 2.20. The van der Waals surface area contributed by atoms with Gasteiger partial charge in [-0.25, -0.2) is 0 Å². The second kappa shape index (κ2) is 4.81. The summed E-state index contributed by atoms with van der Waals surface area (Å²) in [6, 6.07) is 6.96. The Bertz CT molecular complexity index is 768. The number of rotatable bonds is 3. The van der Waals surface area contributed by atoms with Crippen LogP contribution in [0, 0.1) is 11.3 Å². The Morgan fingerprint density at radius 3 is 2.90 bits per heavy atom. The summed E-state index contributed by atoms with van der Waals surface area (Å²) in [4.78, 5) is 7.07. The quantitative estimate of drug-likeness (QED) is 0.763. The van der Waals surface area contributed by atoms with Crippen LogP contribution in [0.2, 0.25) is 0 Å². The number of methoxy groups -OCH3 is 1. The van der Waals surface area contributed by atoms with Gasteiger partial charge in [-0.15, -0.1) is 10.2 Å². The van der Waals surface area contributed by atoms with Crippen LogP contribution < -0.4 is 4.74 Å². The van der Waals surface area contributed by atoms with Gasteiger partial charge in [0.1, 0.15) is 17.5 Å². The van der Waals surface area contributed by atoms with E-state index in [2.05, 4.69) is 25.3 Å². The highest BCUT2D eigenvalue weighted by atomic mass is 16.5. The van der Waals surface area contributed by atoms with Crippen molar-refractivity contribution in [2.45, 2.75) is 0 Å². The zero-order valence-electron chi connectivity index (χ0n) is 10.4. The van der Waals surface area contributed by atoms with Crippen LogP contribution in [-0.4, -0.2) is 32.4 Å². The fourth-order valence-corrected chi connectivity index (χ4v) is 1.57. The third-order valence-corrected chi connectivity index (χ3v) is 2.55. The summed E-state index contributed by atoms with van der Waals surface area (Å²) in [7, 11) is 1.51. The van der Waals surface area contributed by atoms with Crippen molar-refractivity contribution in [3.05, 3.63) is 30.0 Å². The van der Waals surface area contributed by atoms with Gasteiger partial charge in [-0.1, -0.05) is 5.16 Å². The van der Waals surface area contributed by atoms with E-state index in [9.17, 15) is 0 Å². The summed E-state index contributed by atoms with van der Waals surface area (Å²) in [6.07, 6.45) is 1.56. The molecule has 0 aliphatic rings. The van der Waals surface area contributed by atoms with E-state index in [0.717, 1.165) is 0 Å². The maximum atomic E-state index is 8.76. The van der Waals surface area contributed by atoms with E-state index in [4.69, 9.17) is 14.5 Å². The second-order valence-corrected chi connectivity index (χ2v) is 3.80. The van der Waals surface area contributed by atoms with Crippen LogP contribution in [0.4, 0.5) is 0 Å². The molecule has 0 aliphatic heterocycles. The molecule has 0 unspecified atom stereocenters. The zero-order chi connectivity index (χ0) is 13.9. The molecule has 20 heavy (non-hydrogen) atoms. The van der Waals surface area contributed by atoms with Gasteiger partial charge in [0.25, 0.3) is 5.89 Å². The van der Waals surface area contributed by atoms with Gasteiger partial charge < -0.3 is 14.2 Å². The monoisotopic (exact) mass is 268 g/mol. The van der Waals surface area contributed by atoms with Gasteiger partial charge in [-0.3, -0.25) is 0 Å². The Balaban J connectivity index is 1.91. The summed E-state index contributed by atoms with van der Waals surface area (Å²) in [6.45, 7) is 0. The van der Waals surface area contributed by atoms with Gasteiger partial charge in [0.15, 0.2) is 0 Å². The zero-order valence-corrected chi connectivity index (χ0v) is 10.4. The number of hydrogen-bond donors (Lipinski definition) is 1. The van der Waals surface area contributed by atoms with Crippen molar-refractivity contribution >= 4 is 0 Å². The Hall–Kier alpha value is -3.21. The molecule has 8 heteroatoms. The molecule has 0 aromatic carbocycles. The molecule has 8 nitrogen and oxygen atoms in total. The standard InChI is InChI=1S/C12H8N6O2/c1-19-10-3-2-8(16-17-10)11-15-12(20-18-11)9-4-7(5-13)6-14-9/h2-4,6,14H,1H3. The van der Waals surface area contributed by atoms with Gasteiger partial charge in [0.05, 0.1) is 12.7 Å². The van der Waals surface area contributed by atoms with E-state index in [-0.39, 0.29) is 5.89 Å². The van der Waals surface area contributed by atoms with Gasteiger partial charge in [-0.2, -0.15) is 10.2 Å². The first-order chi connectivity index (χ1) is 9.80. The minimum atomic E-state index is 0.277. The highest BCUT2D eigenvalue weighted by Gasteiger charge is 2.13. The lowest BCUT2D eigenvalue weighted by Crippen LogP contribution is -1.93. The van der Waals surface area contributed by atoms with Crippen LogP contribution in [0.25, 0.3) is 23.1 Å². The van der Waals surface area contributed by atoms with Crippen LogP contribution in [-0.2, 0) is 0 Å². The number of nitrogens with one attached hydrogen (secondary N) is 1. The molecular weight excluding hydrogens is 260 g/mol. The molecule has 3 heterocycles. The van der Waals surface area contributed by atoms with E-state index >= 15 is 0 Å². The normalized spacial score (nSPS) is 10.2. The van der Waals surface area contributed by atoms with Crippen LogP contribution in [0.5, 0.6) is 5.88 Å². The first-order valence-electron chi connectivity index (χ1n) is 5.61. The Labute approximate surface area is 113 Å². The summed E-state index contributed by atoms with van der Waals surface area (Å²) < 4.78 is 10.0. The molecule has 0 aliphatic carbocycles. The number of aromatic nitrogens is 5. The summed E-state index contributed by atoms with van der Waals surface area (Å²) in [5, 5.41) is 20.3. The van der Waals surface area contributed by atoms with E-state index in [0.29, 0.717) is 28.7 Å². The summed E-state index contributed by atoms with van der Waals surface area (Å²) in [5.74, 6) is 0.989. The Kier molecular flexibility index (Phi) is 2.85. The van der Waals surface area contributed by atoms with Crippen molar-refractivity contribution in [2.24, 2.45) is 0 Å².